The summed E-state index contributed by atoms with van der Waals surface area (Å²) in [5.41, 5.74) is 1.41. The van der Waals surface area contributed by atoms with Crippen LogP contribution in [0, 0.1) is 11.6 Å². The molecule has 1 atom stereocenters. The smallest absolute Gasteiger partial charge is 0.162 e. The van der Waals surface area contributed by atoms with Gasteiger partial charge in [-0.1, -0.05) is 19.1 Å². The molecule has 2 nitrogen and oxygen atoms in total. The van der Waals surface area contributed by atoms with Crippen LogP contribution in [0.2, 0.25) is 0 Å². The van der Waals surface area contributed by atoms with Gasteiger partial charge in [0.15, 0.2) is 11.6 Å². The molecular weight excluding hydrogens is 258 g/mol. The summed E-state index contributed by atoms with van der Waals surface area (Å²) in [6.07, 6.45) is 4.80. The SMILES string of the molecule is CCCNC(Cc1cccc(F)c1F)c1ccncc1. The molecule has 0 amide bonds. The number of benzene rings is 1. The highest BCUT2D eigenvalue weighted by molar-refractivity contribution is 5.24. The van der Waals surface area contributed by atoms with Crippen molar-refractivity contribution < 1.29 is 8.78 Å². The molecule has 0 aliphatic heterocycles. The molecule has 1 unspecified atom stereocenters. The van der Waals surface area contributed by atoms with Crippen LogP contribution in [0.3, 0.4) is 0 Å². The number of hydrogen-bond acceptors (Lipinski definition) is 2. The Bertz CT molecular complexity index is 543. The number of hydrogen-bond donors (Lipinski definition) is 1. The molecule has 1 heterocycles. The molecule has 1 aromatic carbocycles. The molecule has 0 saturated carbocycles. The second-order valence-electron chi connectivity index (χ2n) is 4.70. The quantitative estimate of drug-likeness (QED) is 0.871. The average Bonchev–Trinajstić information content (AvgIpc) is 2.48. The first kappa shape index (κ1) is 14.6. The predicted molar refractivity (Wildman–Crippen MR) is 75.3 cm³/mol. The van der Waals surface area contributed by atoms with Gasteiger partial charge in [0, 0.05) is 18.4 Å². The molecule has 1 aromatic heterocycles. The van der Waals surface area contributed by atoms with Crippen LogP contribution < -0.4 is 5.32 Å². The van der Waals surface area contributed by atoms with E-state index in [9.17, 15) is 8.78 Å². The van der Waals surface area contributed by atoms with Crippen molar-refractivity contribution in [3.8, 4) is 0 Å². The summed E-state index contributed by atoms with van der Waals surface area (Å²) < 4.78 is 27.1. The van der Waals surface area contributed by atoms with Crippen molar-refractivity contribution in [2.45, 2.75) is 25.8 Å². The molecule has 0 aliphatic rings. The lowest BCUT2D eigenvalue weighted by Gasteiger charge is -2.19. The van der Waals surface area contributed by atoms with E-state index in [2.05, 4.69) is 17.2 Å². The Morgan fingerprint density at radius 2 is 1.90 bits per heavy atom. The number of nitrogens with one attached hydrogen (secondary N) is 1. The van der Waals surface area contributed by atoms with E-state index in [-0.39, 0.29) is 6.04 Å². The zero-order valence-electron chi connectivity index (χ0n) is 11.4. The number of pyridine rings is 1. The highest BCUT2D eigenvalue weighted by Crippen LogP contribution is 2.21. The summed E-state index contributed by atoms with van der Waals surface area (Å²) in [7, 11) is 0. The van der Waals surface area contributed by atoms with E-state index in [0.717, 1.165) is 24.6 Å². The van der Waals surface area contributed by atoms with E-state index >= 15 is 0 Å². The van der Waals surface area contributed by atoms with E-state index in [1.807, 2.05) is 12.1 Å². The Labute approximate surface area is 117 Å². The normalized spacial score (nSPS) is 12.3. The largest absolute Gasteiger partial charge is 0.310 e. The van der Waals surface area contributed by atoms with Crippen LogP contribution in [0.1, 0.15) is 30.5 Å². The lowest BCUT2D eigenvalue weighted by molar-refractivity contribution is 0.477. The van der Waals surface area contributed by atoms with Crippen LogP contribution in [0.25, 0.3) is 0 Å². The Hall–Kier alpha value is -1.81. The highest BCUT2D eigenvalue weighted by atomic mass is 19.2. The maximum atomic E-state index is 13.8. The molecule has 0 spiro atoms. The number of aromatic nitrogens is 1. The third-order valence-corrected chi connectivity index (χ3v) is 3.20. The molecule has 106 valence electrons. The zero-order chi connectivity index (χ0) is 14.4. The molecule has 2 rings (SSSR count). The summed E-state index contributed by atoms with van der Waals surface area (Å²) >= 11 is 0. The number of nitrogens with zero attached hydrogens (tertiary/aromatic N) is 1. The molecule has 0 saturated heterocycles. The maximum Gasteiger partial charge on any atom is 0.162 e. The van der Waals surface area contributed by atoms with Gasteiger partial charge in [-0.3, -0.25) is 4.98 Å². The van der Waals surface area contributed by atoms with E-state index in [1.165, 1.54) is 6.07 Å². The van der Waals surface area contributed by atoms with Gasteiger partial charge in [-0.25, -0.2) is 8.78 Å². The fourth-order valence-corrected chi connectivity index (χ4v) is 2.15. The molecule has 1 N–H and O–H groups in total. The fourth-order valence-electron chi connectivity index (χ4n) is 2.15. The molecule has 0 fully saturated rings. The predicted octanol–water partition coefficient (Wildman–Crippen LogP) is 3.64. The van der Waals surface area contributed by atoms with Gasteiger partial charge in [0.1, 0.15) is 0 Å². The van der Waals surface area contributed by atoms with Crippen molar-refractivity contribution in [3.05, 3.63) is 65.5 Å². The Kier molecular flexibility index (Phi) is 5.18. The van der Waals surface area contributed by atoms with E-state index in [0.29, 0.717) is 12.0 Å². The monoisotopic (exact) mass is 276 g/mol. The first-order valence-corrected chi connectivity index (χ1v) is 6.78. The van der Waals surface area contributed by atoms with Crippen LogP contribution in [0.15, 0.2) is 42.7 Å². The van der Waals surface area contributed by atoms with Gasteiger partial charge in [0.2, 0.25) is 0 Å². The summed E-state index contributed by atoms with van der Waals surface area (Å²) in [5.74, 6) is -1.56. The third-order valence-electron chi connectivity index (χ3n) is 3.20. The molecule has 2 aromatic rings. The van der Waals surface area contributed by atoms with Crippen LogP contribution >= 0.6 is 0 Å². The van der Waals surface area contributed by atoms with Gasteiger partial charge in [-0.05, 0) is 48.7 Å². The van der Waals surface area contributed by atoms with E-state index < -0.39 is 11.6 Å². The van der Waals surface area contributed by atoms with Crippen molar-refractivity contribution >= 4 is 0 Å². The van der Waals surface area contributed by atoms with Gasteiger partial charge in [-0.2, -0.15) is 0 Å². The minimum absolute atomic E-state index is 0.0470. The Morgan fingerprint density at radius 1 is 1.15 bits per heavy atom. The van der Waals surface area contributed by atoms with Gasteiger partial charge >= 0.3 is 0 Å². The van der Waals surface area contributed by atoms with Crippen LogP contribution in [-0.4, -0.2) is 11.5 Å². The van der Waals surface area contributed by atoms with Crippen LogP contribution in [0.4, 0.5) is 8.78 Å². The number of rotatable bonds is 6. The van der Waals surface area contributed by atoms with Crippen molar-refractivity contribution in [2.75, 3.05) is 6.54 Å². The minimum atomic E-state index is -0.800. The third kappa shape index (κ3) is 3.61. The minimum Gasteiger partial charge on any atom is -0.310 e. The fraction of sp³-hybridized carbons (Fsp3) is 0.312. The summed E-state index contributed by atoms with van der Waals surface area (Å²) in [6.45, 7) is 2.89. The summed E-state index contributed by atoms with van der Waals surface area (Å²) in [6, 6.07) is 8.04. The topological polar surface area (TPSA) is 24.9 Å². The van der Waals surface area contributed by atoms with Crippen molar-refractivity contribution in [2.24, 2.45) is 0 Å². The van der Waals surface area contributed by atoms with Crippen molar-refractivity contribution in [1.82, 2.24) is 10.3 Å². The van der Waals surface area contributed by atoms with Gasteiger partial charge in [0.25, 0.3) is 0 Å². The van der Waals surface area contributed by atoms with Gasteiger partial charge < -0.3 is 5.32 Å². The number of halogens is 2. The van der Waals surface area contributed by atoms with E-state index in [1.54, 1.807) is 18.5 Å². The van der Waals surface area contributed by atoms with Crippen LogP contribution in [-0.2, 0) is 6.42 Å². The van der Waals surface area contributed by atoms with Gasteiger partial charge in [0.05, 0.1) is 0 Å². The second-order valence-corrected chi connectivity index (χ2v) is 4.70. The first-order valence-electron chi connectivity index (χ1n) is 6.78. The maximum absolute atomic E-state index is 13.8. The van der Waals surface area contributed by atoms with Crippen molar-refractivity contribution in [1.29, 1.82) is 0 Å². The summed E-state index contributed by atoms with van der Waals surface area (Å²) in [5, 5.41) is 3.36. The second kappa shape index (κ2) is 7.10. The van der Waals surface area contributed by atoms with Crippen molar-refractivity contribution in [3.63, 3.8) is 0 Å². The van der Waals surface area contributed by atoms with Crippen LogP contribution in [0.5, 0.6) is 0 Å². The molecule has 4 heteroatoms. The first-order chi connectivity index (χ1) is 9.72. The molecular formula is C16H18F2N2. The van der Waals surface area contributed by atoms with Gasteiger partial charge in [-0.15, -0.1) is 0 Å². The lowest BCUT2D eigenvalue weighted by Crippen LogP contribution is -2.24. The lowest BCUT2D eigenvalue weighted by atomic mass is 9.99. The molecule has 20 heavy (non-hydrogen) atoms. The molecule has 0 aliphatic carbocycles. The standard InChI is InChI=1S/C16H18F2N2/c1-2-8-20-15(12-6-9-19-10-7-12)11-13-4-3-5-14(17)16(13)18/h3-7,9-10,15,20H,2,8,11H2,1H3. The zero-order valence-corrected chi connectivity index (χ0v) is 11.4. The van der Waals surface area contributed by atoms with E-state index in [4.69, 9.17) is 0 Å². The Morgan fingerprint density at radius 3 is 2.60 bits per heavy atom. The summed E-state index contributed by atoms with van der Waals surface area (Å²) in [4.78, 5) is 3.98. The molecule has 0 bridgehead atoms. The molecule has 0 radical (unpaired) electrons. The Balaban J connectivity index is 2.21. The highest BCUT2D eigenvalue weighted by Gasteiger charge is 2.15. The average molecular weight is 276 g/mol.